The van der Waals surface area contributed by atoms with E-state index in [1.165, 1.54) is 43.6 Å². The minimum absolute atomic E-state index is 1.10. The van der Waals surface area contributed by atoms with Gasteiger partial charge in [-0.1, -0.05) is 121 Å². The van der Waals surface area contributed by atoms with Gasteiger partial charge >= 0.3 is 0 Å². The second kappa shape index (κ2) is 13.1. The van der Waals surface area contributed by atoms with E-state index in [1.807, 2.05) is 0 Å². The van der Waals surface area contributed by atoms with Crippen LogP contribution in [0.1, 0.15) is 5.56 Å². The number of hydrogen-bond donors (Lipinski definition) is 0. The monoisotopic (exact) mass is 691 g/mol. The van der Waals surface area contributed by atoms with Crippen molar-refractivity contribution < 1.29 is 0 Å². The van der Waals surface area contributed by atoms with Crippen molar-refractivity contribution in [1.29, 1.82) is 0 Å². The number of rotatable bonds is 7. The van der Waals surface area contributed by atoms with Crippen molar-refractivity contribution in [3.63, 3.8) is 0 Å². The molecule has 3 nitrogen and oxygen atoms in total. The van der Waals surface area contributed by atoms with Gasteiger partial charge in [-0.15, -0.1) is 0 Å². The maximum absolute atomic E-state index is 2.51. The molecule has 54 heavy (non-hydrogen) atoms. The summed E-state index contributed by atoms with van der Waals surface area (Å²) in [7, 11) is 0. The molecule has 0 radical (unpaired) electrons. The summed E-state index contributed by atoms with van der Waals surface area (Å²) in [6, 6.07) is 74.3. The topological polar surface area (TPSA) is 11.4 Å². The highest BCUT2D eigenvalue weighted by Crippen LogP contribution is 2.45. The fraction of sp³-hybridized carbons (Fsp3) is 0.0196. The molecule has 0 fully saturated rings. The summed E-state index contributed by atoms with van der Waals surface area (Å²) < 4.78 is 2.51. The van der Waals surface area contributed by atoms with Crippen LogP contribution in [0.2, 0.25) is 0 Å². The summed E-state index contributed by atoms with van der Waals surface area (Å²) in [4.78, 5) is 4.70. The molecule has 0 aliphatic rings. The van der Waals surface area contributed by atoms with E-state index >= 15 is 0 Å². The van der Waals surface area contributed by atoms with E-state index in [4.69, 9.17) is 0 Å². The molecule has 9 aromatic carbocycles. The van der Waals surface area contributed by atoms with Gasteiger partial charge in [0.05, 0.1) is 16.7 Å². The Labute approximate surface area is 315 Å². The highest BCUT2D eigenvalue weighted by molar-refractivity contribution is 6.17. The van der Waals surface area contributed by atoms with Crippen LogP contribution >= 0.6 is 0 Å². The lowest BCUT2D eigenvalue weighted by molar-refractivity contribution is 1.21. The van der Waals surface area contributed by atoms with Crippen LogP contribution in [0.4, 0.5) is 34.1 Å². The number of hydrogen-bond acceptors (Lipinski definition) is 2. The van der Waals surface area contributed by atoms with Crippen LogP contribution in [0.25, 0.3) is 49.0 Å². The third-order valence-electron chi connectivity index (χ3n) is 10.7. The molecule has 0 unspecified atom stereocenters. The molecule has 0 bridgehead atoms. The molecule has 3 heteroatoms. The molecule has 10 aromatic rings. The number of fused-ring (bicyclic) bond motifs is 5. The lowest BCUT2D eigenvalue weighted by atomic mass is 9.95. The maximum Gasteiger partial charge on any atom is 0.0619 e. The minimum atomic E-state index is 1.10. The lowest BCUT2D eigenvalue weighted by Gasteiger charge is -2.26. The number of aryl methyl sites for hydroxylation is 1. The molecule has 0 aliphatic heterocycles. The fourth-order valence-corrected chi connectivity index (χ4v) is 8.29. The summed E-state index contributed by atoms with van der Waals surface area (Å²) in [6.07, 6.45) is 0. The van der Waals surface area contributed by atoms with Gasteiger partial charge in [0.25, 0.3) is 0 Å². The van der Waals surface area contributed by atoms with Crippen molar-refractivity contribution in [2.75, 3.05) is 9.80 Å². The molecule has 256 valence electrons. The Balaban J connectivity index is 1.31. The van der Waals surface area contributed by atoms with Gasteiger partial charge in [0, 0.05) is 55.7 Å². The van der Waals surface area contributed by atoms with E-state index in [2.05, 4.69) is 228 Å². The van der Waals surface area contributed by atoms with E-state index in [9.17, 15) is 0 Å². The summed E-state index contributed by atoms with van der Waals surface area (Å²) in [6.45, 7) is 2.25. The normalized spacial score (nSPS) is 11.4. The minimum Gasteiger partial charge on any atom is -0.310 e. The summed E-state index contributed by atoms with van der Waals surface area (Å²) >= 11 is 0. The van der Waals surface area contributed by atoms with Crippen molar-refractivity contribution in [1.82, 2.24) is 4.57 Å². The lowest BCUT2D eigenvalue weighted by Crippen LogP contribution is -2.09. The van der Waals surface area contributed by atoms with Crippen molar-refractivity contribution in [3.8, 4) is 5.69 Å². The zero-order valence-corrected chi connectivity index (χ0v) is 30.0. The number of nitrogens with zero attached hydrogens (tertiary/aromatic N) is 3. The third kappa shape index (κ3) is 5.21. The Kier molecular flexibility index (Phi) is 7.70. The molecule has 1 aromatic heterocycles. The standard InChI is InChI=1S/C51H37N3/c1-36-43-26-14-16-28-45(43)51(46-29-17-15-27-44(36)46)54-49-32-30-41(52(37-18-6-2-7-19-37)38-20-8-3-9-21-38)34-47(49)48-35-42(31-33-50(48)54)53(39-22-10-4-11-23-39)40-24-12-5-13-25-40/h2-35H,1H3. The van der Waals surface area contributed by atoms with Gasteiger partial charge in [0.1, 0.15) is 0 Å². The van der Waals surface area contributed by atoms with E-state index in [0.717, 1.165) is 45.2 Å². The van der Waals surface area contributed by atoms with E-state index < -0.39 is 0 Å². The second-order valence-electron chi connectivity index (χ2n) is 13.8. The van der Waals surface area contributed by atoms with Crippen LogP contribution in [0.15, 0.2) is 206 Å². The van der Waals surface area contributed by atoms with Gasteiger partial charge in [-0.25, -0.2) is 0 Å². The second-order valence-corrected chi connectivity index (χ2v) is 13.8. The fourth-order valence-electron chi connectivity index (χ4n) is 8.29. The Morgan fingerprint density at radius 1 is 0.296 bits per heavy atom. The third-order valence-corrected chi connectivity index (χ3v) is 10.7. The molecular weight excluding hydrogens is 655 g/mol. The Bertz CT molecular complexity index is 2660. The Morgan fingerprint density at radius 2 is 0.611 bits per heavy atom. The zero-order chi connectivity index (χ0) is 36.0. The van der Waals surface area contributed by atoms with Gasteiger partial charge in [0.15, 0.2) is 0 Å². The first kappa shape index (κ1) is 31.6. The van der Waals surface area contributed by atoms with Gasteiger partial charge in [-0.05, 0) is 108 Å². The molecule has 1 heterocycles. The van der Waals surface area contributed by atoms with Crippen LogP contribution in [-0.2, 0) is 0 Å². The zero-order valence-electron chi connectivity index (χ0n) is 30.0. The van der Waals surface area contributed by atoms with Crippen LogP contribution in [0, 0.1) is 6.92 Å². The molecule has 0 amide bonds. The van der Waals surface area contributed by atoms with Crippen molar-refractivity contribution in [2.45, 2.75) is 6.92 Å². The Morgan fingerprint density at radius 3 is 0.963 bits per heavy atom. The summed E-state index contributed by atoms with van der Waals surface area (Å²) in [5, 5.41) is 7.41. The SMILES string of the molecule is Cc1c2ccccc2c(-n2c3ccc(N(c4ccccc4)c4ccccc4)cc3c3cc(N(c4ccccc4)c4ccccc4)ccc32)c2ccccc12. The average Bonchev–Trinajstić information content (AvgIpc) is 3.55. The molecule has 0 spiro atoms. The summed E-state index contributed by atoms with van der Waals surface area (Å²) in [5.74, 6) is 0. The number of anilines is 6. The van der Waals surface area contributed by atoms with Crippen LogP contribution < -0.4 is 9.80 Å². The smallest absolute Gasteiger partial charge is 0.0619 e. The molecular formula is C51H37N3. The van der Waals surface area contributed by atoms with Crippen molar-refractivity contribution in [2.24, 2.45) is 0 Å². The first-order valence-corrected chi connectivity index (χ1v) is 18.5. The van der Waals surface area contributed by atoms with Crippen LogP contribution in [0.3, 0.4) is 0 Å². The first-order chi connectivity index (χ1) is 26.7. The van der Waals surface area contributed by atoms with Crippen LogP contribution in [-0.4, -0.2) is 4.57 Å². The van der Waals surface area contributed by atoms with Crippen molar-refractivity contribution in [3.05, 3.63) is 212 Å². The first-order valence-electron chi connectivity index (χ1n) is 18.5. The molecule has 0 atom stereocenters. The quantitative estimate of drug-likeness (QED) is 0.154. The van der Waals surface area contributed by atoms with Gasteiger partial charge < -0.3 is 14.4 Å². The molecule has 0 saturated carbocycles. The van der Waals surface area contributed by atoms with Gasteiger partial charge in [-0.3, -0.25) is 0 Å². The van der Waals surface area contributed by atoms with Crippen LogP contribution in [0.5, 0.6) is 0 Å². The van der Waals surface area contributed by atoms with Gasteiger partial charge in [-0.2, -0.15) is 0 Å². The summed E-state index contributed by atoms with van der Waals surface area (Å²) in [5.41, 5.74) is 11.5. The molecule has 10 rings (SSSR count). The Hall–Kier alpha value is -7.10. The largest absolute Gasteiger partial charge is 0.310 e. The predicted molar refractivity (Wildman–Crippen MR) is 230 cm³/mol. The van der Waals surface area contributed by atoms with E-state index in [0.29, 0.717) is 0 Å². The number of aromatic nitrogens is 1. The average molecular weight is 692 g/mol. The molecule has 0 aliphatic carbocycles. The highest BCUT2D eigenvalue weighted by Gasteiger charge is 2.22. The molecule has 0 N–H and O–H groups in total. The molecule has 0 saturated heterocycles. The highest BCUT2D eigenvalue weighted by atomic mass is 15.1. The number of para-hydroxylation sites is 4. The van der Waals surface area contributed by atoms with E-state index in [1.54, 1.807) is 0 Å². The van der Waals surface area contributed by atoms with Crippen molar-refractivity contribution >= 4 is 77.5 Å². The maximum atomic E-state index is 2.51. The predicted octanol–water partition coefficient (Wildman–Crippen LogP) is 14.3. The number of benzene rings is 9. The van der Waals surface area contributed by atoms with E-state index in [-0.39, 0.29) is 0 Å². The van der Waals surface area contributed by atoms with Gasteiger partial charge in [0.2, 0.25) is 0 Å².